The fourth-order valence-corrected chi connectivity index (χ4v) is 3.27. The molecular formula is C19H20N4O3. The lowest BCUT2D eigenvalue weighted by molar-refractivity contribution is -0.163. The molecule has 1 unspecified atom stereocenters. The van der Waals surface area contributed by atoms with Crippen LogP contribution in [0.25, 0.3) is 0 Å². The molecule has 7 heteroatoms. The third-order valence-corrected chi connectivity index (χ3v) is 4.58. The van der Waals surface area contributed by atoms with E-state index in [4.69, 9.17) is 4.74 Å². The summed E-state index contributed by atoms with van der Waals surface area (Å²) in [5, 5.41) is 16.0. The van der Waals surface area contributed by atoms with Crippen LogP contribution >= 0.6 is 0 Å². The van der Waals surface area contributed by atoms with E-state index in [0.717, 1.165) is 11.3 Å². The SMILES string of the molecule is O=C(OCc1ccccc1)C1(O)C2=C(CNCC2)NN1c1ccccn1. The molecule has 2 aromatic rings. The molecule has 1 atom stereocenters. The number of aromatic nitrogens is 1. The highest BCUT2D eigenvalue weighted by atomic mass is 16.6. The molecule has 7 nitrogen and oxygen atoms in total. The average molecular weight is 352 g/mol. The molecule has 0 spiro atoms. The van der Waals surface area contributed by atoms with Crippen molar-refractivity contribution >= 4 is 11.8 Å². The minimum absolute atomic E-state index is 0.0961. The van der Waals surface area contributed by atoms with Gasteiger partial charge in [0.2, 0.25) is 0 Å². The Morgan fingerprint density at radius 2 is 2.04 bits per heavy atom. The molecule has 2 aliphatic rings. The molecule has 26 heavy (non-hydrogen) atoms. The molecule has 0 aliphatic carbocycles. The number of rotatable bonds is 4. The number of anilines is 1. The molecule has 2 aliphatic heterocycles. The first-order chi connectivity index (χ1) is 12.7. The van der Waals surface area contributed by atoms with E-state index in [1.807, 2.05) is 30.3 Å². The molecule has 0 saturated carbocycles. The van der Waals surface area contributed by atoms with Crippen molar-refractivity contribution in [2.45, 2.75) is 18.8 Å². The first-order valence-electron chi connectivity index (χ1n) is 8.54. The number of hydrogen-bond acceptors (Lipinski definition) is 7. The zero-order valence-corrected chi connectivity index (χ0v) is 14.2. The smallest absolute Gasteiger partial charge is 0.366 e. The Kier molecular flexibility index (Phi) is 4.32. The second kappa shape index (κ2) is 6.78. The maximum absolute atomic E-state index is 12.9. The van der Waals surface area contributed by atoms with Crippen LogP contribution in [0.4, 0.5) is 5.82 Å². The van der Waals surface area contributed by atoms with Crippen molar-refractivity contribution in [3.05, 3.63) is 71.6 Å². The number of aliphatic hydroxyl groups is 1. The fraction of sp³-hybridized carbons (Fsp3) is 0.263. The molecule has 1 aromatic carbocycles. The van der Waals surface area contributed by atoms with Crippen LogP contribution in [0.2, 0.25) is 0 Å². The molecule has 0 radical (unpaired) electrons. The van der Waals surface area contributed by atoms with Gasteiger partial charge in [-0.2, -0.15) is 0 Å². The van der Waals surface area contributed by atoms with Gasteiger partial charge in [-0.1, -0.05) is 36.4 Å². The predicted octanol–water partition coefficient (Wildman–Crippen LogP) is 1.09. The Hall–Kier alpha value is -2.90. The van der Waals surface area contributed by atoms with Crippen molar-refractivity contribution in [3.8, 4) is 0 Å². The number of pyridine rings is 1. The van der Waals surface area contributed by atoms with Crippen LogP contribution in [0, 0.1) is 0 Å². The lowest BCUT2D eigenvalue weighted by Crippen LogP contribution is -2.57. The van der Waals surface area contributed by atoms with E-state index in [0.29, 0.717) is 30.9 Å². The van der Waals surface area contributed by atoms with Gasteiger partial charge in [0.05, 0.1) is 5.70 Å². The average Bonchev–Trinajstić information content (AvgIpc) is 3.02. The van der Waals surface area contributed by atoms with Crippen molar-refractivity contribution in [2.75, 3.05) is 18.1 Å². The topological polar surface area (TPSA) is 86.7 Å². The lowest BCUT2D eigenvalue weighted by Gasteiger charge is -2.33. The van der Waals surface area contributed by atoms with Crippen LogP contribution in [0.15, 0.2) is 66.0 Å². The standard InChI is InChI=1S/C19H20N4O3/c24-18(26-13-14-6-2-1-3-7-14)19(25)15-9-11-20-12-16(15)22-23(19)17-8-4-5-10-21-17/h1-8,10,20,22,25H,9,11-13H2. The predicted molar refractivity (Wildman–Crippen MR) is 95.6 cm³/mol. The van der Waals surface area contributed by atoms with Gasteiger partial charge in [-0.15, -0.1) is 0 Å². The summed E-state index contributed by atoms with van der Waals surface area (Å²) < 4.78 is 5.46. The Bertz CT molecular complexity index is 825. The molecule has 4 rings (SSSR count). The van der Waals surface area contributed by atoms with Gasteiger partial charge in [0.1, 0.15) is 6.61 Å². The first-order valence-corrected chi connectivity index (χ1v) is 8.54. The Morgan fingerprint density at radius 1 is 1.23 bits per heavy atom. The second-order valence-electron chi connectivity index (χ2n) is 6.25. The lowest BCUT2D eigenvalue weighted by atomic mass is 9.96. The number of esters is 1. The van der Waals surface area contributed by atoms with Crippen LogP contribution in [-0.2, 0) is 16.1 Å². The summed E-state index contributed by atoms with van der Waals surface area (Å²) in [5.41, 5.74) is 3.46. The normalized spacial score (nSPS) is 22.0. The third kappa shape index (κ3) is 2.81. The monoisotopic (exact) mass is 352 g/mol. The molecular weight excluding hydrogens is 332 g/mol. The van der Waals surface area contributed by atoms with E-state index in [9.17, 15) is 9.90 Å². The van der Waals surface area contributed by atoms with Gasteiger partial charge >= 0.3 is 5.97 Å². The zero-order chi connectivity index (χ0) is 18.0. The Morgan fingerprint density at radius 3 is 2.81 bits per heavy atom. The quantitative estimate of drug-likeness (QED) is 0.710. The van der Waals surface area contributed by atoms with E-state index < -0.39 is 11.7 Å². The highest BCUT2D eigenvalue weighted by Gasteiger charge is 2.54. The number of hydrogen-bond donors (Lipinski definition) is 3. The highest BCUT2D eigenvalue weighted by molar-refractivity contribution is 5.88. The number of nitrogens with zero attached hydrogens (tertiary/aromatic N) is 2. The number of ether oxygens (including phenoxy) is 1. The third-order valence-electron chi connectivity index (χ3n) is 4.58. The Labute approximate surface area is 151 Å². The molecule has 134 valence electrons. The fourth-order valence-electron chi connectivity index (χ4n) is 3.27. The zero-order valence-electron chi connectivity index (χ0n) is 14.2. The van der Waals surface area contributed by atoms with E-state index >= 15 is 0 Å². The van der Waals surface area contributed by atoms with Gasteiger partial charge in [0.15, 0.2) is 5.82 Å². The Balaban J connectivity index is 1.63. The van der Waals surface area contributed by atoms with E-state index in [2.05, 4.69) is 15.7 Å². The van der Waals surface area contributed by atoms with E-state index in [-0.39, 0.29) is 6.61 Å². The molecule has 0 amide bonds. The number of benzene rings is 1. The van der Waals surface area contributed by atoms with Crippen molar-refractivity contribution < 1.29 is 14.6 Å². The van der Waals surface area contributed by atoms with Gasteiger partial charge < -0.3 is 15.2 Å². The number of hydrazine groups is 1. The summed E-state index contributed by atoms with van der Waals surface area (Å²) >= 11 is 0. The van der Waals surface area contributed by atoms with Crippen LogP contribution < -0.4 is 15.8 Å². The molecule has 3 heterocycles. The van der Waals surface area contributed by atoms with Gasteiger partial charge in [-0.25, -0.2) is 14.8 Å². The number of carbonyl (C=O) groups excluding carboxylic acids is 1. The molecule has 1 aromatic heterocycles. The van der Waals surface area contributed by atoms with Crippen LogP contribution in [0.3, 0.4) is 0 Å². The van der Waals surface area contributed by atoms with Gasteiger partial charge in [-0.05, 0) is 30.7 Å². The van der Waals surface area contributed by atoms with Crippen molar-refractivity contribution in [1.82, 2.24) is 15.7 Å². The van der Waals surface area contributed by atoms with Crippen molar-refractivity contribution in [1.29, 1.82) is 0 Å². The summed E-state index contributed by atoms with van der Waals surface area (Å²) in [4.78, 5) is 17.2. The largest absolute Gasteiger partial charge is 0.457 e. The molecule has 0 bridgehead atoms. The maximum Gasteiger partial charge on any atom is 0.366 e. The van der Waals surface area contributed by atoms with Crippen LogP contribution in [0.5, 0.6) is 0 Å². The highest BCUT2D eigenvalue weighted by Crippen LogP contribution is 2.36. The minimum atomic E-state index is -1.92. The van der Waals surface area contributed by atoms with E-state index in [1.54, 1.807) is 24.4 Å². The summed E-state index contributed by atoms with van der Waals surface area (Å²) in [7, 11) is 0. The number of nitrogens with one attached hydrogen (secondary N) is 2. The summed E-state index contributed by atoms with van der Waals surface area (Å²) in [6.07, 6.45) is 2.16. The molecule has 3 N–H and O–H groups in total. The van der Waals surface area contributed by atoms with E-state index in [1.165, 1.54) is 5.01 Å². The maximum atomic E-state index is 12.9. The second-order valence-corrected chi connectivity index (χ2v) is 6.25. The summed E-state index contributed by atoms with van der Waals surface area (Å²) in [6, 6.07) is 14.7. The number of carbonyl (C=O) groups is 1. The van der Waals surface area contributed by atoms with Crippen molar-refractivity contribution in [2.24, 2.45) is 0 Å². The van der Waals surface area contributed by atoms with Crippen molar-refractivity contribution in [3.63, 3.8) is 0 Å². The van der Waals surface area contributed by atoms with Gasteiger partial charge in [0, 0.05) is 18.3 Å². The first kappa shape index (κ1) is 16.6. The summed E-state index contributed by atoms with van der Waals surface area (Å²) in [5.74, 6) is -0.271. The summed E-state index contributed by atoms with van der Waals surface area (Å²) in [6.45, 7) is 1.33. The van der Waals surface area contributed by atoms with Crippen LogP contribution in [-0.4, -0.2) is 34.9 Å². The van der Waals surface area contributed by atoms with Gasteiger partial charge in [-0.3, -0.25) is 5.43 Å². The minimum Gasteiger partial charge on any atom is -0.457 e. The van der Waals surface area contributed by atoms with Crippen LogP contribution in [0.1, 0.15) is 12.0 Å². The van der Waals surface area contributed by atoms with Gasteiger partial charge in [0.25, 0.3) is 5.72 Å². The molecule has 0 fully saturated rings. The molecule has 0 saturated heterocycles.